The molecule has 0 aromatic heterocycles. The van der Waals surface area contributed by atoms with E-state index in [1.165, 1.54) is 12.0 Å². The minimum Gasteiger partial charge on any atom is -0.455 e. The molecule has 0 aliphatic carbocycles. The number of likely N-dealkylation sites (tertiary alicyclic amines) is 1. The summed E-state index contributed by atoms with van der Waals surface area (Å²) in [6.07, 6.45) is 5.44. The van der Waals surface area contributed by atoms with Crippen LogP contribution in [0.3, 0.4) is 0 Å². The molecule has 2 bridgehead atoms. The van der Waals surface area contributed by atoms with Crippen LogP contribution in [0.4, 0.5) is 0 Å². The third kappa shape index (κ3) is 7.21. The number of nitrogens with one attached hydrogen (secondary N) is 1. The van der Waals surface area contributed by atoms with Crippen molar-refractivity contribution in [2.75, 3.05) is 40.0 Å². The Morgan fingerprint density at radius 1 is 1.22 bits per heavy atom. The Balaban J connectivity index is 1.66. The number of carbonyl (C=O) groups excluding carboxylic acids is 4. The predicted octanol–water partition coefficient (Wildman–Crippen LogP) is 2.94. The number of unbranched alkanes of at least 4 members (excludes halogenated alkanes) is 1. The molecular weight excluding hydrogens is 590 g/mol. The summed E-state index contributed by atoms with van der Waals surface area (Å²) in [5.74, 6) is -3.29. The Labute approximate surface area is 271 Å². The third-order valence-corrected chi connectivity index (χ3v) is 9.31. The molecule has 0 unspecified atom stereocenters. The van der Waals surface area contributed by atoms with Crippen LogP contribution in [0.15, 0.2) is 55.6 Å². The molecule has 3 fully saturated rings. The summed E-state index contributed by atoms with van der Waals surface area (Å²) in [5.41, 5.74) is -0.525. The lowest BCUT2D eigenvalue weighted by molar-refractivity contribution is -0.163. The average Bonchev–Trinajstić information content (AvgIpc) is 3.70. The quantitative estimate of drug-likeness (QED) is 0.174. The van der Waals surface area contributed by atoms with Gasteiger partial charge in [0.1, 0.15) is 17.7 Å². The number of hydrogen-bond donors (Lipinski definition) is 2. The van der Waals surface area contributed by atoms with Crippen LogP contribution in [0.25, 0.3) is 0 Å². The molecule has 3 aliphatic heterocycles. The second-order valence-electron chi connectivity index (χ2n) is 12.3. The molecule has 0 radical (unpaired) electrons. The first-order chi connectivity index (χ1) is 22.3. The first-order valence-corrected chi connectivity index (χ1v) is 16.4. The van der Waals surface area contributed by atoms with Gasteiger partial charge in [0.2, 0.25) is 17.7 Å². The Morgan fingerprint density at radius 2 is 1.98 bits per heavy atom. The van der Waals surface area contributed by atoms with E-state index in [0.717, 1.165) is 12.8 Å². The van der Waals surface area contributed by atoms with Crippen LogP contribution in [0.1, 0.15) is 63.5 Å². The molecule has 11 nitrogen and oxygen atoms in total. The van der Waals surface area contributed by atoms with Gasteiger partial charge in [0, 0.05) is 39.8 Å². The smallest absolute Gasteiger partial charge is 0.313 e. The lowest BCUT2D eigenvalue weighted by Gasteiger charge is -2.36. The number of rotatable bonds is 19. The number of allylic oxidation sites excluding steroid dienone is 1. The van der Waals surface area contributed by atoms with Gasteiger partial charge in [-0.15, -0.1) is 13.2 Å². The number of carbonyl (C=O) groups is 4. The van der Waals surface area contributed by atoms with Crippen LogP contribution < -0.4 is 5.32 Å². The van der Waals surface area contributed by atoms with Crippen LogP contribution in [0, 0.1) is 11.8 Å². The van der Waals surface area contributed by atoms with Crippen molar-refractivity contribution in [1.29, 1.82) is 0 Å². The summed E-state index contributed by atoms with van der Waals surface area (Å²) in [6, 6.07) is 7.47. The van der Waals surface area contributed by atoms with Crippen LogP contribution in [-0.4, -0.2) is 102 Å². The SMILES string of the molecule is C=CCCC(=O)N[C@@H](COC)[C@@H](OC(=O)[C@@H]1[C@@H]2CC[C@]3(O2)[C@H](C(=O)N(CC=C)CCCC)N(CCCO)C(=O)[C@@H]13)c1ccccc1. The first kappa shape index (κ1) is 35.3. The van der Waals surface area contributed by atoms with E-state index in [4.69, 9.17) is 14.2 Å². The molecule has 3 saturated heterocycles. The average molecular weight is 640 g/mol. The Morgan fingerprint density at radius 3 is 2.63 bits per heavy atom. The monoisotopic (exact) mass is 639 g/mol. The molecule has 1 aromatic rings. The minimum atomic E-state index is -1.18. The summed E-state index contributed by atoms with van der Waals surface area (Å²) in [6.45, 7) is 10.5. The van der Waals surface area contributed by atoms with Crippen molar-refractivity contribution in [2.45, 2.75) is 81.8 Å². The van der Waals surface area contributed by atoms with Gasteiger partial charge in [-0.25, -0.2) is 0 Å². The van der Waals surface area contributed by atoms with Gasteiger partial charge in [0.05, 0.1) is 30.6 Å². The molecule has 1 spiro atoms. The van der Waals surface area contributed by atoms with Crippen LogP contribution in [-0.2, 0) is 33.4 Å². The van der Waals surface area contributed by atoms with Crippen molar-refractivity contribution >= 4 is 23.7 Å². The van der Waals surface area contributed by atoms with Crippen LogP contribution in [0.2, 0.25) is 0 Å². The molecular formula is C35H49N3O8. The lowest BCUT2D eigenvalue weighted by Crippen LogP contribution is -2.56. The third-order valence-electron chi connectivity index (χ3n) is 9.31. The number of esters is 1. The van der Waals surface area contributed by atoms with Gasteiger partial charge in [-0.1, -0.05) is 55.8 Å². The van der Waals surface area contributed by atoms with Crippen LogP contribution in [0.5, 0.6) is 0 Å². The second-order valence-corrected chi connectivity index (χ2v) is 12.3. The van der Waals surface area contributed by atoms with Crippen molar-refractivity contribution in [3.05, 3.63) is 61.2 Å². The van der Waals surface area contributed by atoms with E-state index in [2.05, 4.69) is 18.5 Å². The van der Waals surface area contributed by atoms with Gasteiger partial charge in [-0.05, 0) is 37.7 Å². The zero-order chi connectivity index (χ0) is 33.3. The van der Waals surface area contributed by atoms with Gasteiger partial charge < -0.3 is 34.4 Å². The molecule has 252 valence electrons. The maximum Gasteiger partial charge on any atom is 0.313 e. The fourth-order valence-electron chi connectivity index (χ4n) is 7.28. The van der Waals surface area contributed by atoms with Gasteiger partial charge in [-0.3, -0.25) is 19.2 Å². The van der Waals surface area contributed by atoms with Crippen molar-refractivity contribution in [2.24, 2.45) is 11.8 Å². The summed E-state index contributed by atoms with van der Waals surface area (Å²) in [4.78, 5) is 58.7. The fourth-order valence-corrected chi connectivity index (χ4v) is 7.28. The standard InChI is InChI=1S/C35H49N3O8/c1-5-8-16-27(40)36-25(23-44-4)30(24-14-11-10-12-15-24)45-34(43)28-26-17-18-35(46-26)29(28)32(41)38(21-13-22-39)31(35)33(42)37(19-7-3)20-9-6-2/h5,7,10-12,14-15,25-26,28-31,39H,1,3,6,8-9,13,16-23H2,2,4H3,(H,36,40)/t25-,26-,28+,29+,30-,31-,35+/m0/s1. The summed E-state index contributed by atoms with van der Waals surface area (Å²) in [7, 11) is 1.51. The highest BCUT2D eigenvalue weighted by Gasteiger charge is 2.75. The molecule has 3 amide bonds. The minimum absolute atomic E-state index is 0.0754. The predicted molar refractivity (Wildman–Crippen MR) is 171 cm³/mol. The molecule has 1 aromatic carbocycles. The van der Waals surface area contributed by atoms with E-state index in [-0.39, 0.29) is 50.3 Å². The number of methoxy groups -OCH3 is 1. The van der Waals surface area contributed by atoms with Gasteiger partial charge in [-0.2, -0.15) is 0 Å². The van der Waals surface area contributed by atoms with Gasteiger partial charge in [0.25, 0.3) is 0 Å². The fraction of sp³-hybridized carbons (Fsp3) is 0.600. The van der Waals surface area contributed by atoms with Crippen molar-refractivity contribution in [1.82, 2.24) is 15.1 Å². The highest BCUT2D eigenvalue weighted by atomic mass is 16.6. The van der Waals surface area contributed by atoms with Crippen molar-refractivity contribution in [3.8, 4) is 0 Å². The number of amides is 3. The summed E-state index contributed by atoms with van der Waals surface area (Å²) in [5, 5.41) is 12.6. The van der Waals surface area contributed by atoms with Crippen molar-refractivity contribution in [3.63, 3.8) is 0 Å². The maximum absolute atomic E-state index is 14.3. The van der Waals surface area contributed by atoms with E-state index >= 15 is 0 Å². The van der Waals surface area contributed by atoms with E-state index in [1.807, 2.05) is 37.3 Å². The lowest BCUT2D eigenvalue weighted by atomic mass is 9.70. The Bertz CT molecular complexity index is 1240. The molecule has 2 N–H and O–H groups in total. The number of aliphatic hydroxyl groups excluding tert-OH is 1. The van der Waals surface area contributed by atoms with Gasteiger partial charge in [0.15, 0.2) is 0 Å². The number of fused-ring (bicyclic) bond motifs is 1. The second kappa shape index (κ2) is 16.3. The topological polar surface area (TPSA) is 135 Å². The van der Waals surface area contributed by atoms with E-state index < -0.39 is 47.7 Å². The normalized spacial score (nSPS) is 25.9. The number of benzene rings is 1. The molecule has 3 heterocycles. The number of ether oxygens (including phenoxy) is 3. The molecule has 11 heteroatoms. The zero-order valence-electron chi connectivity index (χ0n) is 27.1. The number of nitrogens with zero attached hydrogens (tertiary/aromatic N) is 2. The molecule has 4 rings (SSSR count). The van der Waals surface area contributed by atoms with Crippen molar-refractivity contribution < 1.29 is 38.5 Å². The summed E-state index contributed by atoms with van der Waals surface area (Å²) >= 11 is 0. The Kier molecular flexibility index (Phi) is 12.5. The molecule has 0 saturated carbocycles. The van der Waals surface area contributed by atoms with E-state index in [0.29, 0.717) is 37.9 Å². The molecule has 3 aliphatic rings. The summed E-state index contributed by atoms with van der Waals surface area (Å²) < 4.78 is 18.2. The number of aliphatic hydroxyl groups is 1. The first-order valence-electron chi connectivity index (χ1n) is 16.4. The molecule has 7 atom stereocenters. The zero-order valence-corrected chi connectivity index (χ0v) is 27.1. The molecule has 46 heavy (non-hydrogen) atoms. The van der Waals surface area contributed by atoms with E-state index in [9.17, 15) is 24.3 Å². The highest BCUT2D eigenvalue weighted by Crippen LogP contribution is 2.59. The Hall–Kier alpha value is -3.54. The van der Waals surface area contributed by atoms with Gasteiger partial charge >= 0.3 is 5.97 Å². The van der Waals surface area contributed by atoms with E-state index in [1.54, 1.807) is 17.1 Å². The highest BCUT2D eigenvalue weighted by molar-refractivity contribution is 5.98. The van der Waals surface area contributed by atoms with Crippen LogP contribution >= 0.6 is 0 Å². The largest absolute Gasteiger partial charge is 0.455 e. The number of hydrogen-bond acceptors (Lipinski definition) is 8. The maximum atomic E-state index is 14.3.